The number of amides is 1. The summed E-state index contributed by atoms with van der Waals surface area (Å²) in [5.41, 5.74) is 5.76. The van der Waals surface area contributed by atoms with Crippen LogP contribution in [0.4, 0.5) is 5.82 Å². The summed E-state index contributed by atoms with van der Waals surface area (Å²) in [5.74, 6) is 0.127. The summed E-state index contributed by atoms with van der Waals surface area (Å²) in [6.07, 6.45) is 0.857. The van der Waals surface area contributed by atoms with E-state index in [0.29, 0.717) is 24.7 Å². The summed E-state index contributed by atoms with van der Waals surface area (Å²) in [6, 6.07) is 1.61. The number of aromatic nitrogens is 2. The maximum absolute atomic E-state index is 11.5. The first-order chi connectivity index (χ1) is 6.75. The minimum atomic E-state index is -0.190. The van der Waals surface area contributed by atoms with E-state index < -0.39 is 0 Å². The van der Waals surface area contributed by atoms with Crippen molar-refractivity contribution in [1.29, 1.82) is 0 Å². The SMILES string of the molecule is Nc1cc(C(=O)NC2CCOC2)[nH]n1. The van der Waals surface area contributed by atoms with Crippen LogP contribution in [-0.2, 0) is 4.74 Å². The second-order valence-corrected chi connectivity index (χ2v) is 3.24. The van der Waals surface area contributed by atoms with Gasteiger partial charge in [-0.3, -0.25) is 9.89 Å². The zero-order valence-electron chi connectivity index (χ0n) is 7.62. The van der Waals surface area contributed by atoms with Crippen LogP contribution in [0.25, 0.3) is 0 Å². The van der Waals surface area contributed by atoms with Crippen molar-refractivity contribution in [2.75, 3.05) is 18.9 Å². The third-order valence-electron chi connectivity index (χ3n) is 2.11. The molecular formula is C8H12N4O2. The second kappa shape index (κ2) is 3.67. The maximum atomic E-state index is 11.5. The first-order valence-electron chi connectivity index (χ1n) is 4.45. The number of anilines is 1. The molecule has 6 nitrogen and oxygen atoms in total. The molecule has 0 bridgehead atoms. The van der Waals surface area contributed by atoms with E-state index in [-0.39, 0.29) is 11.9 Å². The molecule has 2 heterocycles. The number of H-pyrrole nitrogens is 1. The molecule has 1 saturated heterocycles. The third kappa shape index (κ3) is 1.85. The Morgan fingerprint density at radius 2 is 2.64 bits per heavy atom. The van der Waals surface area contributed by atoms with Crippen LogP contribution >= 0.6 is 0 Å². The number of carbonyl (C=O) groups excluding carboxylic acids is 1. The van der Waals surface area contributed by atoms with Crippen molar-refractivity contribution in [3.05, 3.63) is 11.8 Å². The average molecular weight is 196 g/mol. The Bertz CT molecular complexity index is 330. The lowest BCUT2D eigenvalue weighted by Gasteiger charge is -2.08. The number of nitrogen functional groups attached to an aromatic ring is 1. The van der Waals surface area contributed by atoms with Crippen LogP contribution < -0.4 is 11.1 Å². The van der Waals surface area contributed by atoms with Crippen molar-refractivity contribution in [1.82, 2.24) is 15.5 Å². The molecule has 0 radical (unpaired) electrons. The second-order valence-electron chi connectivity index (χ2n) is 3.24. The molecule has 0 spiro atoms. The van der Waals surface area contributed by atoms with E-state index in [9.17, 15) is 4.79 Å². The maximum Gasteiger partial charge on any atom is 0.269 e. The first kappa shape index (κ1) is 9.01. The minimum Gasteiger partial charge on any atom is -0.382 e. The van der Waals surface area contributed by atoms with Crippen LogP contribution in [0.3, 0.4) is 0 Å². The monoisotopic (exact) mass is 196 g/mol. The van der Waals surface area contributed by atoms with Gasteiger partial charge in [0.15, 0.2) is 0 Å². The van der Waals surface area contributed by atoms with Gasteiger partial charge in [-0.05, 0) is 6.42 Å². The van der Waals surface area contributed by atoms with Crippen molar-refractivity contribution in [3.63, 3.8) is 0 Å². The standard InChI is InChI=1S/C8H12N4O2/c9-7-3-6(11-12-7)8(13)10-5-1-2-14-4-5/h3,5H,1-2,4H2,(H,10,13)(H3,9,11,12). The Morgan fingerprint density at radius 1 is 1.79 bits per heavy atom. The summed E-state index contributed by atoms with van der Waals surface area (Å²) in [5, 5.41) is 9.04. The average Bonchev–Trinajstić information content (AvgIpc) is 2.75. The van der Waals surface area contributed by atoms with Crippen molar-refractivity contribution in [2.45, 2.75) is 12.5 Å². The highest BCUT2D eigenvalue weighted by atomic mass is 16.5. The predicted molar refractivity (Wildman–Crippen MR) is 49.7 cm³/mol. The lowest BCUT2D eigenvalue weighted by Crippen LogP contribution is -2.35. The zero-order valence-corrected chi connectivity index (χ0v) is 7.62. The van der Waals surface area contributed by atoms with E-state index in [0.717, 1.165) is 6.42 Å². The lowest BCUT2D eigenvalue weighted by molar-refractivity contribution is 0.0925. The largest absolute Gasteiger partial charge is 0.382 e. The molecule has 1 aromatic heterocycles. The van der Waals surface area contributed by atoms with E-state index in [1.807, 2.05) is 0 Å². The molecule has 0 aromatic carbocycles. The van der Waals surface area contributed by atoms with Crippen molar-refractivity contribution in [3.8, 4) is 0 Å². The highest BCUT2D eigenvalue weighted by Crippen LogP contribution is 2.05. The summed E-state index contributed by atoms with van der Waals surface area (Å²) in [7, 11) is 0. The number of hydrogen-bond acceptors (Lipinski definition) is 4. The molecule has 0 saturated carbocycles. The van der Waals surface area contributed by atoms with Crippen LogP contribution in [0, 0.1) is 0 Å². The fourth-order valence-electron chi connectivity index (χ4n) is 1.37. The van der Waals surface area contributed by atoms with Gasteiger partial charge in [-0.1, -0.05) is 0 Å². The number of ether oxygens (including phenoxy) is 1. The van der Waals surface area contributed by atoms with Crippen LogP contribution in [0.5, 0.6) is 0 Å². The Morgan fingerprint density at radius 3 is 3.21 bits per heavy atom. The first-order valence-corrected chi connectivity index (χ1v) is 4.45. The molecule has 14 heavy (non-hydrogen) atoms. The van der Waals surface area contributed by atoms with Crippen LogP contribution in [0.15, 0.2) is 6.07 Å². The minimum absolute atomic E-state index is 0.104. The Hall–Kier alpha value is -1.56. The number of aromatic amines is 1. The highest BCUT2D eigenvalue weighted by Gasteiger charge is 2.19. The molecule has 76 valence electrons. The fraction of sp³-hybridized carbons (Fsp3) is 0.500. The molecule has 1 aromatic rings. The lowest BCUT2D eigenvalue weighted by atomic mass is 10.2. The number of nitrogens with zero attached hydrogens (tertiary/aromatic N) is 1. The molecule has 4 N–H and O–H groups in total. The summed E-state index contributed by atoms with van der Waals surface area (Å²) >= 11 is 0. The molecule has 1 unspecified atom stereocenters. The Balaban J connectivity index is 1.95. The highest BCUT2D eigenvalue weighted by molar-refractivity contribution is 5.93. The number of rotatable bonds is 2. The molecular weight excluding hydrogens is 184 g/mol. The quantitative estimate of drug-likeness (QED) is 0.595. The van der Waals surface area contributed by atoms with Gasteiger partial charge in [0, 0.05) is 12.7 Å². The van der Waals surface area contributed by atoms with E-state index in [4.69, 9.17) is 10.5 Å². The van der Waals surface area contributed by atoms with Gasteiger partial charge in [-0.25, -0.2) is 0 Å². The molecule has 2 rings (SSSR count). The topological polar surface area (TPSA) is 93.0 Å². The van der Waals surface area contributed by atoms with Gasteiger partial charge in [-0.15, -0.1) is 0 Å². The summed E-state index contributed by atoms with van der Waals surface area (Å²) in [6.45, 7) is 1.28. The number of nitrogens with two attached hydrogens (primary N) is 1. The van der Waals surface area contributed by atoms with Crippen LogP contribution in [0.1, 0.15) is 16.9 Å². The van der Waals surface area contributed by atoms with Crippen LogP contribution in [-0.4, -0.2) is 35.4 Å². The van der Waals surface area contributed by atoms with Gasteiger partial charge in [0.1, 0.15) is 11.5 Å². The summed E-state index contributed by atoms with van der Waals surface area (Å²) < 4.78 is 5.13. The normalized spacial score (nSPS) is 21.0. The van der Waals surface area contributed by atoms with Gasteiger partial charge in [0.2, 0.25) is 0 Å². The number of nitrogens with one attached hydrogen (secondary N) is 2. The van der Waals surface area contributed by atoms with E-state index in [1.54, 1.807) is 0 Å². The molecule has 6 heteroatoms. The van der Waals surface area contributed by atoms with E-state index >= 15 is 0 Å². The van der Waals surface area contributed by atoms with Gasteiger partial charge < -0.3 is 15.8 Å². The molecule has 0 aliphatic carbocycles. The van der Waals surface area contributed by atoms with Gasteiger partial charge >= 0.3 is 0 Å². The van der Waals surface area contributed by atoms with E-state index in [1.165, 1.54) is 6.07 Å². The van der Waals surface area contributed by atoms with Crippen molar-refractivity contribution >= 4 is 11.7 Å². The van der Waals surface area contributed by atoms with Crippen molar-refractivity contribution in [2.24, 2.45) is 0 Å². The molecule has 1 amide bonds. The van der Waals surface area contributed by atoms with Gasteiger partial charge in [0.05, 0.1) is 12.6 Å². The van der Waals surface area contributed by atoms with Gasteiger partial charge in [-0.2, -0.15) is 5.10 Å². The molecule has 1 aliphatic heterocycles. The smallest absolute Gasteiger partial charge is 0.269 e. The zero-order chi connectivity index (χ0) is 9.97. The Kier molecular flexibility index (Phi) is 2.36. The number of carbonyl (C=O) groups is 1. The van der Waals surface area contributed by atoms with E-state index in [2.05, 4.69) is 15.5 Å². The number of hydrogen-bond donors (Lipinski definition) is 3. The summed E-state index contributed by atoms with van der Waals surface area (Å²) in [4.78, 5) is 11.5. The van der Waals surface area contributed by atoms with Crippen LogP contribution in [0.2, 0.25) is 0 Å². The molecule has 1 aliphatic rings. The Labute approximate surface area is 80.8 Å². The molecule has 1 atom stereocenters. The molecule has 1 fully saturated rings. The van der Waals surface area contributed by atoms with Crippen molar-refractivity contribution < 1.29 is 9.53 Å². The van der Waals surface area contributed by atoms with Gasteiger partial charge in [0.25, 0.3) is 5.91 Å². The fourth-order valence-corrected chi connectivity index (χ4v) is 1.37. The third-order valence-corrected chi connectivity index (χ3v) is 2.11. The predicted octanol–water partition coefficient (Wildman–Crippen LogP) is -0.489.